The van der Waals surface area contributed by atoms with Gasteiger partial charge in [-0.3, -0.25) is 0 Å². The standard InChI is InChI=1S/C15H16ClN3O5S/c1-9-17-18-15(24-9)12-8-19(3-5-22-12)25(20,21)13-7-11(16)6-10-2-4-23-14(10)13/h6-7,12H,2-5,8H2,1H3/t12-/m1/s1. The van der Waals surface area contributed by atoms with Gasteiger partial charge in [-0.1, -0.05) is 11.6 Å². The first-order valence-corrected chi connectivity index (χ1v) is 9.64. The molecule has 0 N–H and O–H groups in total. The Morgan fingerprint density at radius 2 is 2.12 bits per heavy atom. The van der Waals surface area contributed by atoms with E-state index >= 15 is 0 Å². The highest BCUT2D eigenvalue weighted by atomic mass is 35.5. The lowest BCUT2D eigenvalue weighted by atomic mass is 10.2. The van der Waals surface area contributed by atoms with Crippen molar-refractivity contribution in [1.82, 2.24) is 14.5 Å². The fraction of sp³-hybridized carbons (Fsp3) is 0.467. The number of fused-ring (bicyclic) bond motifs is 1. The number of nitrogens with zero attached hydrogens (tertiary/aromatic N) is 3. The Labute approximate surface area is 149 Å². The highest BCUT2D eigenvalue weighted by Gasteiger charge is 2.36. The zero-order valence-corrected chi connectivity index (χ0v) is 15.0. The summed E-state index contributed by atoms with van der Waals surface area (Å²) >= 11 is 6.10. The summed E-state index contributed by atoms with van der Waals surface area (Å²) in [5, 5.41) is 8.06. The number of hydrogen-bond acceptors (Lipinski definition) is 7. The van der Waals surface area contributed by atoms with Gasteiger partial charge in [-0.25, -0.2) is 8.42 Å². The van der Waals surface area contributed by atoms with Crippen molar-refractivity contribution >= 4 is 21.6 Å². The zero-order chi connectivity index (χ0) is 17.6. The molecule has 1 saturated heterocycles. The molecule has 0 amide bonds. The molecule has 1 atom stereocenters. The number of aromatic nitrogens is 2. The van der Waals surface area contributed by atoms with Gasteiger partial charge in [0.05, 0.1) is 13.2 Å². The van der Waals surface area contributed by atoms with Crippen molar-refractivity contribution in [2.45, 2.75) is 24.3 Å². The monoisotopic (exact) mass is 385 g/mol. The Balaban J connectivity index is 1.67. The molecule has 1 aromatic heterocycles. The Kier molecular flexibility index (Phi) is 4.19. The summed E-state index contributed by atoms with van der Waals surface area (Å²) in [4.78, 5) is 0.0925. The van der Waals surface area contributed by atoms with Crippen molar-refractivity contribution < 1.29 is 22.3 Å². The lowest BCUT2D eigenvalue weighted by Crippen LogP contribution is -2.42. The van der Waals surface area contributed by atoms with Gasteiger partial charge in [0.2, 0.25) is 21.8 Å². The number of hydrogen-bond donors (Lipinski definition) is 0. The SMILES string of the molecule is Cc1nnc([C@H]2CN(S(=O)(=O)c3cc(Cl)cc4c3OCC4)CCO2)o1. The molecule has 2 aliphatic rings. The van der Waals surface area contributed by atoms with Crippen LogP contribution in [0, 0.1) is 6.92 Å². The van der Waals surface area contributed by atoms with Gasteiger partial charge >= 0.3 is 0 Å². The molecule has 0 saturated carbocycles. The summed E-state index contributed by atoms with van der Waals surface area (Å²) in [6.45, 7) is 2.67. The van der Waals surface area contributed by atoms with Crippen LogP contribution < -0.4 is 4.74 Å². The molecule has 0 unspecified atom stereocenters. The first-order valence-electron chi connectivity index (χ1n) is 7.82. The Hall–Kier alpha value is -1.68. The second-order valence-corrected chi connectivity index (χ2v) is 8.22. The molecule has 2 aliphatic heterocycles. The molecule has 4 rings (SSSR count). The van der Waals surface area contributed by atoms with Gasteiger partial charge in [0.25, 0.3) is 0 Å². The lowest BCUT2D eigenvalue weighted by Gasteiger charge is -2.30. The molecule has 1 fully saturated rings. The van der Waals surface area contributed by atoms with Gasteiger partial charge in [-0.05, 0) is 12.1 Å². The summed E-state index contributed by atoms with van der Waals surface area (Å²) in [6, 6.07) is 3.18. The van der Waals surface area contributed by atoms with Gasteiger partial charge in [0, 0.05) is 37.0 Å². The van der Waals surface area contributed by atoms with Gasteiger partial charge in [0.1, 0.15) is 16.7 Å². The predicted molar refractivity (Wildman–Crippen MR) is 87.1 cm³/mol. The molecule has 0 spiro atoms. The first kappa shape index (κ1) is 16.8. The van der Waals surface area contributed by atoms with Crippen LogP contribution in [0.4, 0.5) is 0 Å². The van der Waals surface area contributed by atoms with Crippen LogP contribution in [-0.2, 0) is 21.2 Å². The van der Waals surface area contributed by atoms with E-state index < -0.39 is 16.1 Å². The Morgan fingerprint density at radius 1 is 1.28 bits per heavy atom. The summed E-state index contributed by atoms with van der Waals surface area (Å²) in [5.74, 6) is 1.06. The fourth-order valence-corrected chi connectivity index (χ4v) is 4.93. The summed E-state index contributed by atoms with van der Waals surface area (Å²) in [6.07, 6.45) is 0.0451. The van der Waals surface area contributed by atoms with Crippen LogP contribution in [0.25, 0.3) is 0 Å². The maximum absolute atomic E-state index is 13.1. The van der Waals surface area contributed by atoms with Gasteiger partial charge < -0.3 is 13.9 Å². The van der Waals surface area contributed by atoms with Gasteiger partial charge in [-0.15, -0.1) is 10.2 Å². The number of morpholine rings is 1. The highest BCUT2D eigenvalue weighted by Crippen LogP contribution is 2.38. The molecule has 3 heterocycles. The Bertz CT molecular complexity index is 914. The minimum absolute atomic E-state index is 0.0885. The molecule has 2 aromatic rings. The number of sulfonamides is 1. The molecule has 0 bridgehead atoms. The van der Waals surface area contributed by atoms with E-state index in [0.717, 1.165) is 5.56 Å². The highest BCUT2D eigenvalue weighted by molar-refractivity contribution is 7.89. The van der Waals surface area contributed by atoms with E-state index in [9.17, 15) is 8.42 Å². The van der Waals surface area contributed by atoms with Crippen LogP contribution in [0.1, 0.15) is 23.4 Å². The third-order valence-electron chi connectivity index (χ3n) is 4.18. The fourth-order valence-electron chi connectivity index (χ4n) is 3.00. The zero-order valence-electron chi connectivity index (χ0n) is 13.4. The summed E-state index contributed by atoms with van der Waals surface area (Å²) < 4.78 is 44.1. The quantitative estimate of drug-likeness (QED) is 0.793. The Morgan fingerprint density at radius 3 is 2.88 bits per heavy atom. The second-order valence-electron chi connectivity index (χ2n) is 5.87. The largest absolute Gasteiger partial charge is 0.492 e. The molecule has 8 nitrogen and oxygen atoms in total. The number of benzene rings is 1. The van der Waals surface area contributed by atoms with Crippen molar-refractivity contribution in [3.63, 3.8) is 0 Å². The van der Waals surface area contributed by atoms with Crippen molar-refractivity contribution in [1.29, 1.82) is 0 Å². The van der Waals surface area contributed by atoms with Gasteiger partial charge in [0.15, 0.2) is 0 Å². The molecular formula is C15H16ClN3O5S. The van der Waals surface area contributed by atoms with Crippen LogP contribution in [-0.4, -0.2) is 49.2 Å². The molecule has 0 aliphatic carbocycles. The van der Waals surface area contributed by atoms with E-state index in [2.05, 4.69) is 10.2 Å². The molecule has 1 aromatic carbocycles. The van der Waals surface area contributed by atoms with Crippen LogP contribution in [0.2, 0.25) is 5.02 Å². The minimum Gasteiger partial charge on any atom is -0.492 e. The number of rotatable bonds is 3. The molecule has 25 heavy (non-hydrogen) atoms. The van der Waals surface area contributed by atoms with Crippen molar-refractivity contribution in [3.05, 3.63) is 34.5 Å². The average molecular weight is 386 g/mol. The average Bonchev–Trinajstić information content (AvgIpc) is 3.22. The normalized spacial score (nSPS) is 21.1. The number of ether oxygens (including phenoxy) is 2. The van der Waals surface area contributed by atoms with Crippen molar-refractivity contribution in [2.24, 2.45) is 0 Å². The van der Waals surface area contributed by atoms with E-state index in [1.165, 1.54) is 10.4 Å². The van der Waals surface area contributed by atoms with E-state index in [4.69, 9.17) is 25.5 Å². The topological polar surface area (TPSA) is 94.8 Å². The van der Waals surface area contributed by atoms with Crippen LogP contribution in [0.15, 0.2) is 21.4 Å². The van der Waals surface area contributed by atoms with Crippen molar-refractivity contribution in [3.8, 4) is 5.75 Å². The smallest absolute Gasteiger partial charge is 0.247 e. The minimum atomic E-state index is -3.79. The van der Waals surface area contributed by atoms with Crippen LogP contribution in [0.3, 0.4) is 0 Å². The molecule has 10 heteroatoms. The third-order valence-corrected chi connectivity index (χ3v) is 6.27. The molecule has 134 valence electrons. The van der Waals surface area contributed by atoms with E-state index in [1.807, 2.05) is 0 Å². The number of aryl methyl sites for hydroxylation is 1. The van der Waals surface area contributed by atoms with Gasteiger partial charge in [-0.2, -0.15) is 4.31 Å². The third kappa shape index (κ3) is 3.01. The predicted octanol–water partition coefficient (Wildman–Crippen LogP) is 1.73. The molecule has 0 radical (unpaired) electrons. The van der Waals surface area contributed by atoms with Crippen LogP contribution in [0.5, 0.6) is 5.75 Å². The second kappa shape index (κ2) is 6.24. The molecular weight excluding hydrogens is 370 g/mol. The van der Waals surface area contributed by atoms with Crippen LogP contribution >= 0.6 is 11.6 Å². The maximum atomic E-state index is 13.1. The summed E-state index contributed by atoms with van der Waals surface area (Å²) in [5.41, 5.74) is 0.809. The van der Waals surface area contributed by atoms with E-state index in [1.54, 1.807) is 13.0 Å². The van der Waals surface area contributed by atoms with Crippen molar-refractivity contribution in [2.75, 3.05) is 26.3 Å². The van der Waals surface area contributed by atoms with E-state index in [0.29, 0.717) is 29.7 Å². The maximum Gasteiger partial charge on any atom is 0.247 e. The summed E-state index contributed by atoms with van der Waals surface area (Å²) in [7, 11) is -3.79. The number of halogens is 1. The van der Waals surface area contributed by atoms with E-state index in [-0.39, 0.29) is 30.5 Å². The lowest BCUT2D eigenvalue weighted by molar-refractivity contribution is -0.0177. The first-order chi connectivity index (χ1) is 11.9.